The van der Waals surface area contributed by atoms with E-state index in [4.69, 9.17) is 11.0 Å². The molecule has 0 bridgehead atoms. The Morgan fingerprint density at radius 2 is 2.06 bits per heavy atom. The highest BCUT2D eigenvalue weighted by Gasteiger charge is 2.20. The van der Waals surface area contributed by atoms with E-state index >= 15 is 0 Å². The van der Waals surface area contributed by atoms with Crippen LogP contribution in [0.15, 0.2) is 18.2 Å². The van der Waals surface area contributed by atoms with Gasteiger partial charge in [0, 0.05) is 11.7 Å². The Labute approximate surface area is 109 Å². The molecule has 3 nitrogen and oxygen atoms in total. The van der Waals surface area contributed by atoms with Gasteiger partial charge in [-0.15, -0.1) is 0 Å². The number of benzene rings is 1. The van der Waals surface area contributed by atoms with Crippen molar-refractivity contribution >= 4 is 11.4 Å². The first-order chi connectivity index (χ1) is 8.72. The lowest BCUT2D eigenvalue weighted by Gasteiger charge is -2.29. The maximum atomic E-state index is 9.11. The minimum Gasteiger partial charge on any atom is -0.399 e. The largest absolute Gasteiger partial charge is 0.399 e. The summed E-state index contributed by atoms with van der Waals surface area (Å²) in [5.41, 5.74) is 7.91. The molecule has 18 heavy (non-hydrogen) atoms. The summed E-state index contributed by atoms with van der Waals surface area (Å²) in [4.78, 5) is 0. The van der Waals surface area contributed by atoms with E-state index in [1.807, 2.05) is 12.1 Å². The van der Waals surface area contributed by atoms with Crippen LogP contribution in [0.2, 0.25) is 0 Å². The Morgan fingerprint density at radius 1 is 1.33 bits per heavy atom. The molecule has 1 saturated carbocycles. The highest BCUT2D eigenvalue weighted by atomic mass is 14.9. The molecule has 0 amide bonds. The van der Waals surface area contributed by atoms with Gasteiger partial charge in [-0.05, 0) is 49.8 Å². The van der Waals surface area contributed by atoms with Crippen LogP contribution < -0.4 is 11.1 Å². The summed E-state index contributed by atoms with van der Waals surface area (Å²) in [5, 5.41) is 12.6. The summed E-state index contributed by atoms with van der Waals surface area (Å²) >= 11 is 0. The Kier molecular flexibility index (Phi) is 4.09. The van der Waals surface area contributed by atoms with Gasteiger partial charge in [0.25, 0.3) is 0 Å². The fourth-order valence-corrected chi connectivity index (χ4v) is 2.72. The van der Waals surface area contributed by atoms with Gasteiger partial charge in [-0.25, -0.2) is 0 Å². The highest BCUT2D eigenvalue weighted by Crippen LogP contribution is 2.29. The van der Waals surface area contributed by atoms with Crippen molar-refractivity contribution in [3.63, 3.8) is 0 Å². The molecule has 0 radical (unpaired) electrons. The average molecular weight is 243 g/mol. The second-order valence-corrected chi connectivity index (χ2v) is 5.19. The van der Waals surface area contributed by atoms with E-state index in [1.165, 1.54) is 32.1 Å². The Morgan fingerprint density at radius 3 is 2.67 bits per heavy atom. The lowest BCUT2D eigenvalue weighted by Crippen LogP contribution is -2.26. The third-order valence-electron chi connectivity index (χ3n) is 3.95. The molecule has 3 heteroatoms. The highest BCUT2D eigenvalue weighted by molar-refractivity contribution is 5.63. The second kappa shape index (κ2) is 5.77. The van der Waals surface area contributed by atoms with Crippen molar-refractivity contribution in [2.45, 2.75) is 45.1 Å². The molecule has 0 atom stereocenters. The number of hydrogen-bond donors (Lipinski definition) is 2. The maximum Gasteiger partial charge on any atom is 0.101 e. The predicted molar refractivity (Wildman–Crippen MR) is 75.2 cm³/mol. The molecule has 0 saturated heterocycles. The maximum absolute atomic E-state index is 9.11. The van der Waals surface area contributed by atoms with Crippen molar-refractivity contribution in [3.05, 3.63) is 23.8 Å². The Hall–Kier alpha value is -1.69. The number of hydrogen-bond acceptors (Lipinski definition) is 3. The van der Waals surface area contributed by atoms with Crippen LogP contribution in [0.5, 0.6) is 0 Å². The SMILES string of the molecule is CCC1CCC(Nc2ccc(N)cc2C#N)CC1. The van der Waals surface area contributed by atoms with Crippen LogP contribution in [-0.2, 0) is 0 Å². The molecule has 1 aliphatic carbocycles. The van der Waals surface area contributed by atoms with Gasteiger partial charge < -0.3 is 11.1 Å². The average Bonchev–Trinajstić information content (AvgIpc) is 2.41. The topological polar surface area (TPSA) is 61.8 Å². The molecule has 0 spiro atoms. The van der Waals surface area contributed by atoms with Crippen molar-refractivity contribution in [1.29, 1.82) is 5.26 Å². The number of nitrogens with zero attached hydrogens (tertiary/aromatic N) is 1. The first-order valence-electron chi connectivity index (χ1n) is 6.79. The molecule has 96 valence electrons. The second-order valence-electron chi connectivity index (χ2n) is 5.19. The standard InChI is InChI=1S/C15H21N3/c1-2-11-3-6-14(7-4-11)18-15-8-5-13(17)9-12(15)10-16/h5,8-9,11,14,18H,2-4,6-7,17H2,1H3. The smallest absolute Gasteiger partial charge is 0.101 e. The van der Waals surface area contributed by atoms with Crippen LogP contribution in [0, 0.1) is 17.2 Å². The number of nitrogens with two attached hydrogens (primary N) is 1. The van der Waals surface area contributed by atoms with Gasteiger partial charge in [-0.2, -0.15) is 5.26 Å². The summed E-state index contributed by atoms with van der Waals surface area (Å²) in [7, 11) is 0. The van der Waals surface area contributed by atoms with E-state index in [0.717, 1.165) is 11.6 Å². The third-order valence-corrected chi connectivity index (χ3v) is 3.95. The van der Waals surface area contributed by atoms with Gasteiger partial charge in [0.1, 0.15) is 6.07 Å². The number of anilines is 2. The molecule has 1 aromatic carbocycles. The molecule has 0 aliphatic heterocycles. The predicted octanol–water partition coefficient (Wildman–Crippen LogP) is 3.52. The molecule has 0 aromatic heterocycles. The van der Waals surface area contributed by atoms with Crippen LogP contribution >= 0.6 is 0 Å². The van der Waals surface area contributed by atoms with Gasteiger partial charge in [0.05, 0.1) is 11.3 Å². The zero-order valence-electron chi connectivity index (χ0n) is 10.9. The van der Waals surface area contributed by atoms with Gasteiger partial charge in [-0.1, -0.05) is 13.3 Å². The van der Waals surface area contributed by atoms with Gasteiger partial charge in [-0.3, -0.25) is 0 Å². The summed E-state index contributed by atoms with van der Waals surface area (Å²) in [6.45, 7) is 2.27. The first-order valence-corrected chi connectivity index (χ1v) is 6.79. The first kappa shape index (κ1) is 12.8. The van der Waals surface area contributed by atoms with Gasteiger partial charge >= 0.3 is 0 Å². The van der Waals surface area contributed by atoms with E-state index in [-0.39, 0.29) is 0 Å². The molecule has 1 aromatic rings. The molecular weight excluding hydrogens is 222 g/mol. The number of nitrogen functional groups attached to an aromatic ring is 1. The van der Waals surface area contributed by atoms with Crippen LogP contribution in [0.3, 0.4) is 0 Å². The van der Waals surface area contributed by atoms with E-state index in [1.54, 1.807) is 6.07 Å². The zero-order valence-corrected chi connectivity index (χ0v) is 10.9. The van der Waals surface area contributed by atoms with Crippen molar-refractivity contribution in [2.75, 3.05) is 11.1 Å². The van der Waals surface area contributed by atoms with E-state index < -0.39 is 0 Å². The van der Waals surface area contributed by atoms with Crippen molar-refractivity contribution in [2.24, 2.45) is 5.92 Å². The van der Waals surface area contributed by atoms with Gasteiger partial charge in [0.15, 0.2) is 0 Å². The normalized spacial score (nSPS) is 23.3. The fraction of sp³-hybridized carbons (Fsp3) is 0.533. The molecular formula is C15H21N3. The number of nitriles is 1. The molecule has 1 fully saturated rings. The molecule has 0 unspecified atom stereocenters. The molecule has 2 rings (SSSR count). The molecule has 0 heterocycles. The minimum atomic E-state index is 0.503. The van der Waals surface area contributed by atoms with E-state index in [9.17, 15) is 0 Å². The van der Waals surface area contributed by atoms with Crippen LogP contribution in [0.4, 0.5) is 11.4 Å². The summed E-state index contributed by atoms with van der Waals surface area (Å²) in [6, 6.07) is 8.21. The summed E-state index contributed by atoms with van der Waals surface area (Å²) in [6.07, 6.45) is 6.29. The van der Waals surface area contributed by atoms with E-state index in [2.05, 4.69) is 18.3 Å². The zero-order chi connectivity index (χ0) is 13.0. The van der Waals surface area contributed by atoms with Crippen molar-refractivity contribution in [3.8, 4) is 6.07 Å². The minimum absolute atomic E-state index is 0.503. The van der Waals surface area contributed by atoms with E-state index in [0.29, 0.717) is 17.3 Å². The fourth-order valence-electron chi connectivity index (χ4n) is 2.72. The van der Waals surface area contributed by atoms with Gasteiger partial charge in [0.2, 0.25) is 0 Å². The lowest BCUT2D eigenvalue weighted by atomic mass is 9.84. The van der Waals surface area contributed by atoms with Crippen molar-refractivity contribution in [1.82, 2.24) is 0 Å². The van der Waals surface area contributed by atoms with Crippen LogP contribution in [0.1, 0.15) is 44.6 Å². The quantitative estimate of drug-likeness (QED) is 0.798. The monoisotopic (exact) mass is 243 g/mol. The van der Waals surface area contributed by atoms with Crippen LogP contribution in [0.25, 0.3) is 0 Å². The number of nitrogens with one attached hydrogen (secondary N) is 1. The van der Waals surface area contributed by atoms with Crippen molar-refractivity contribution < 1.29 is 0 Å². The summed E-state index contributed by atoms with van der Waals surface area (Å²) in [5.74, 6) is 0.893. The molecule has 3 N–H and O–H groups in total. The molecule has 1 aliphatic rings. The van der Waals surface area contributed by atoms with Crippen LogP contribution in [-0.4, -0.2) is 6.04 Å². The third kappa shape index (κ3) is 2.95. The number of rotatable bonds is 3. The Balaban J connectivity index is 2.00. The Bertz CT molecular complexity index is 440. The lowest BCUT2D eigenvalue weighted by molar-refractivity contribution is 0.330. The summed E-state index contributed by atoms with van der Waals surface area (Å²) < 4.78 is 0.